The van der Waals surface area contributed by atoms with Gasteiger partial charge in [0.15, 0.2) is 14.6 Å². The number of rotatable bonds is 4. The van der Waals surface area contributed by atoms with Crippen molar-refractivity contribution in [1.29, 1.82) is 0 Å². The molecule has 6 atom stereocenters. The monoisotopic (exact) mass is 382 g/mol. The minimum absolute atomic E-state index is 0.000679. The van der Waals surface area contributed by atoms with Crippen LogP contribution in [0.3, 0.4) is 0 Å². The summed E-state index contributed by atoms with van der Waals surface area (Å²) in [6.07, 6.45) is 5.81. The van der Waals surface area contributed by atoms with Crippen molar-refractivity contribution in [1.82, 2.24) is 9.34 Å². The molecule has 0 aliphatic carbocycles. The topological polar surface area (TPSA) is 40.6 Å². The maximum atomic E-state index is 14.5. The normalized spacial score (nSPS) is 46.4. The molecule has 4 aliphatic rings. The predicted octanol–water partition coefficient (Wildman–Crippen LogP) is 4.98. The molecule has 2 saturated heterocycles. The van der Waals surface area contributed by atoms with Crippen molar-refractivity contribution in [2.45, 2.75) is 63.9 Å². The molecule has 2 unspecified atom stereocenters. The second kappa shape index (κ2) is 6.20. The standard InChI is InChI=1S/C19H32N2O2P2/c1-5-20(6-2)24(22)13-15(4)17-18-14(3)12-16(19(17)24)25(18,23)21-10-8-7-9-11-21/h12-13,16-19H,5-11H2,1-4H3/t16-,17-,18+,19+,24?,25?/m0/s1. The molecule has 2 bridgehead atoms. The average molecular weight is 382 g/mol. The van der Waals surface area contributed by atoms with Gasteiger partial charge in [-0.15, -0.1) is 0 Å². The van der Waals surface area contributed by atoms with Crippen LogP contribution in [0, 0.1) is 5.92 Å². The molecule has 4 nitrogen and oxygen atoms in total. The summed E-state index contributed by atoms with van der Waals surface area (Å²) in [6, 6.07) is 0. The van der Waals surface area contributed by atoms with Gasteiger partial charge in [0.2, 0.25) is 0 Å². The van der Waals surface area contributed by atoms with Gasteiger partial charge >= 0.3 is 0 Å². The highest BCUT2D eigenvalue weighted by Crippen LogP contribution is 2.83. The van der Waals surface area contributed by atoms with Crippen LogP contribution in [-0.4, -0.2) is 52.5 Å². The lowest BCUT2D eigenvalue weighted by molar-refractivity contribution is 0.342. The lowest BCUT2D eigenvalue weighted by atomic mass is 9.85. The lowest BCUT2D eigenvalue weighted by Gasteiger charge is -2.37. The Morgan fingerprint density at radius 2 is 1.72 bits per heavy atom. The van der Waals surface area contributed by atoms with Gasteiger partial charge in [-0.3, -0.25) is 9.34 Å². The molecule has 4 aliphatic heterocycles. The summed E-state index contributed by atoms with van der Waals surface area (Å²) in [5.74, 6) is 2.32. The summed E-state index contributed by atoms with van der Waals surface area (Å²) in [7, 11) is -5.14. The molecule has 4 rings (SSSR count). The van der Waals surface area contributed by atoms with Gasteiger partial charge in [0.05, 0.1) is 17.0 Å². The SMILES string of the molecule is CCN(CC)P1(=O)C=C(C)[C@@H]2[C@H]1[C@@H]1C=C(C)[C@H]2P1(=O)N1CCCCC1. The first-order valence-electron chi connectivity index (χ1n) is 9.97. The van der Waals surface area contributed by atoms with E-state index in [4.69, 9.17) is 0 Å². The van der Waals surface area contributed by atoms with Gasteiger partial charge < -0.3 is 9.13 Å². The molecule has 0 aromatic rings. The molecule has 0 spiro atoms. The predicted molar refractivity (Wildman–Crippen MR) is 106 cm³/mol. The number of fused-ring (bicyclic) bond motifs is 5. The molecule has 2 fully saturated rings. The Morgan fingerprint density at radius 1 is 1.08 bits per heavy atom. The molecule has 0 aromatic heterocycles. The van der Waals surface area contributed by atoms with Gasteiger partial charge in [0.1, 0.15) is 0 Å². The van der Waals surface area contributed by atoms with E-state index in [0.29, 0.717) is 0 Å². The van der Waals surface area contributed by atoms with Crippen molar-refractivity contribution in [2.24, 2.45) is 5.92 Å². The van der Waals surface area contributed by atoms with Crippen molar-refractivity contribution in [3.05, 3.63) is 23.0 Å². The molecular weight excluding hydrogens is 350 g/mol. The summed E-state index contributed by atoms with van der Waals surface area (Å²) in [5, 5.41) is 0. The van der Waals surface area contributed by atoms with E-state index in [9.17, 15) is 9.13 Å². The molecule has 0 amide bonds. The van der Waals surface area contributed by atoms with Gasteiger partial charge in [-0.05, 0) is 32.5 Å². The Kier molecular flexibility index (Phi) is 4.52. The zero-order valence-corrected chi connectivity index (χ0v) is 17.8. The smallest absolute Gasteiger partial charge is 0.176 e. The molecule has 6 heteroatoms. The number of piperidine rings is 1. The van der Waals surface area contributed by atoms with Gasteiger partial charge in [-0.2, -0.15) is 0 Å². The molecule has 0 N–H and O–H groups in total. The van der Waals surface area contributed by atoms with Gasteiger partial charge in [0.25, 0.3) is 0 Å². The maximum Gasteiger partial charge on any atom is 0.176 e. The first kappa shape index (κ1) is 18.2. The fourth-order valence-electron chi connectivity index (χ4n) is 6.10. The highest BCUT2D eigenvalue weighted by molar-refractivity contribution is 7.70. The average Bonchev–Trinajstić information content (AvgIpc) is 3.12. The van der Waals surface area contributed by atoms with E-state index in [1.807, 2.05) is 0 Å². The summed E-state index contributed by atoms with van der Waals surface area (Å²) in [5.41, 5.74) is 2.69. The quantitative estimate of drug-likeness (QED) is 0.508. The fourth-order valence-corrected chi connectivity index (χ4v) is 15.8. The minimum Gasteiger partial charge on any atom is -0.305 e. The van der Waals surface area contributed by atoms with Crippen molar-refractivity contribution in [3.63, 3.8) is 0 Å². The van der Waals surface area contributed by atoms with E-state index in [1.165, 1.54) is 17.6 Å². The molecule has 0 saturated carbocycles. The zero-order valence-electron chi connectivity index (χ0n) is 16.0. The van der Waals surface area contributed by atoms with E-state index in [-0.39, 0.29) is 22.9 Å². The van der Waals surface area contributed by atoms with Crippen LogP contribution in [-0.2, 0) is 9.13 Å². The first-order valence-corrected chi connectivity index (χ1v) is 13.6. The highest BCUT2D eigenvalue weighted by atomic mass is 31.2. The fraction of sp³-hybridized carbons (Fsp3) is 0.789. The Labute approximate surface area is 152 Å². The van der Waals surface area contributed by atoms with Crippen LogP contribution in [0.25, 0.3) is 0 Å². The second-order valence-electron chi connectivity index (χ2n) is 8.23. The summed E-state index contributed by atoms with van der Waals surface area (Å²) in [4.78, 5) is 0. The number of hydrogen-bond acceptors (Lipinski definition) is 2. The molecule has 4 heterocycles. The van der Waals surface area contributed by atoms with Crippen LogP contribution in [0.4, 0.5) is 0 Å². The first-order chi connectivity index (χ1) is 11.9. The third kappa shape index (κ3) is 2.27. The minimum atomic E-state index is -2.61. The number of nitrogens with zero attached hydrogens (tertiary/aromatic N) is 2. The third-order valence-corrected chi connectivity index (χ3v) is 15.2. The Bertz CT molecular complexity index is 719. The Morgan fingerprint density at radius 3 is 2.32 bits per heavy atom. The third-order valence-electron chi connectivity index (χ3n) is 7.07. The lowest BCUT2D eigenvalue weighted by Crippen LogP contribution is -2.34. The van der Waals surface area contributed by atoms with Gasteiger partial charge in [-0.1, -0.05) is 37.5 Å². The summed E-state index contributed by atoms with van der Waals surface area (Å²) in [6.45, 7) is 12.0. The Hall–Kier alpha value is -0.140. The number of allylic oxidation sites excluding steroid dienone is 3. The summed E-state index contributed by atoms with van der Waals surface area (Å²) < 4.78 is 33.1. The van der Waals surface area contributed by atoms with Crippen LogP contribution in [0.5, 0.6) is 0 Å². The van der Waals surface area contributed by atoms with E-state index >= 15 is 0 Å². The highest BCUT2D eigenvalue weighted by Gasteiger charge is 2.70. The van der Waals surface area contributed by atoms with Crippen molar-refractivity contribution in [2.75, 3.05) is 26.2 Å². The van der Waals surface area contributed by atoms with Crippen LogP contribution in [0.1, 0.15) is 47.0 Å². The van der Waals surface area contributed by atoms with Crippen LogP contribution >= 0.6 is 14.6 Å². The van der Waals surface area contributed by atoms with E-state index in [1.54, 1.807) is 0 Å². The van der Waals surface area contributed by atoms with E-state index in [2.05, 4.69) is 48.9 Å². The number of hydrogen-bond donors (Lipinski definition) is 0. The van der Waals surface area contributed by atoms with E-state index in [0.717, 1.165) is 39.0 Å². The Balaban J connectivity index is 1.80. The molecule has 25 heavy (non-hydrogen) atoms. The van der Waals surface area contributed by atoms with Gasteiger partial charge in [-0.25, -0.2) is 0 Å². The van der Waals surface area contributed by atoms with Crippen molar-refractivity contribution < 1.29 is 9.13 Å². The second-order valence-corrected chi connectivity index (χ2v) is 14.1. The largest absolute Gasteiger partial charge is 0.305 e. The zero-order chi connectivity index (χ0) is 18.0. The van der Waals surface area contributed by atoms with E-state index < -0.39 is 14.6 Å². The van der Waals surface area contributed by atoms with Crippen LogP contribution in [0.2, 0.25) is 0 Å². The van der Waals surface area contributed by atoms with Crippen molar-refractivity contribution in [3.8, 4) is 0 Å². The molecule has 0 aromatic carbocycles. The molecule has 140 valence electrons. The van der Waals surface area contributed by atoms with Gasteiger partial charge in [0, 0.05) is 32.1 Å². The van der Waals surface area contributed by atoms with Crippen LogP contribution in [0.15, 0.2) is 23.0 Å². The molecule has 0 radical (unpaired) electrons. The van der Waals surface area contributed by atoms with Crippen molar-refractivity contribution >= 4 is 14.6 Å². The maximum absolute atomic E-state index is 14.5. The molecular formula is C19H32N2O2P2. The van der Waals surface area contributed by atoms with Crippen LogP contribution < -0.4 is 0 Å². The summed E-state index contributed by atoms with van der Waals surface area (Å²) >= 11 is 0.